The summed E-state index contributed by atoms with van der Waals surface area (Å²) >= 11 is 0. The van der Waals surface area contributed by atoms with E-state index in [1.807, 2.05) is 12.1 Å². The quantitative estimate of drug-likeness (QED) is 0.851. The van der Waals surface area contributed by atoms with Crippen molar-refractivity contribution in [1.29, 1.82) is 0 Å². The third kappa shape index (κ3) is 2.43. The van der Waals surface area contributed by atoms with E-state index >= 15 is 0 Å². The highest BCUT2D eigenvalue weighted by Gasteiger charge is 2.18. The Balaban J connectivity index is 2.72. The fourth-order valence-electron chi connectivity index (χ4n) is 2.85. The van der Waals surface area contributed by atoms with E-state index in [2.05, 4.69) is 18.4 Å². The van der Waals surface area contributed by atoms with Crippen LogP contribution in [0.4, 0.5) is 0 Å². The van der Waals surface area contributed by atoms with E-state index in [1.54, 1.807) is 6.07 Å². The van der Waals surface area contributed by atoms with Crippen molar-refractivity contribution in [3.63, 3.8) is 0 Å². The van der Waals surface area contributed by atoms with Gasteiger partial charge < -0.3 is 15.4 Å². The van der Waals surface area contributed by atoms with Gasteiger partial charge in [0.15, 0.2) is 0 Å². The topological polar surface area (TPSA) is 68.2 Å². The predicted octanol–water partition coefficient (Wildman–Crippen LogP) is 2.95. The lowest BCUT2D eigenvalue weighted by Crippen LogP contribution is -2.12. The van der Waals surface area contributed by atoms with Crippen molar-refractivity contribution in [1.82, 2.24) is 4.57 Å². The van der Waals surface area contributed by atoms with Crippen LogP contribution in [0.25, 0.3) is 10.9 Å². The van der Waals surface area contributed by atoms with Gasteiger partial charge in [0.2, 0.25) is 0 Å². The van der Waals surface area contributed by atoms with Crippen molar-refractivity contribution < 1.29 is 9.90 Å². The van der Waals surface area contributed by atoms with Crippen LogP contribution < -0.4 is 5.73 Å². The molecule has 0 aliphatic rings. The molecule has 1 heterocycles. The van der Waals surface area contributed by atoms with Crippen LogP contribution in [0.3, 0.4) is 0 Å². The maximum Gasteiger partial charge on any atom is 0.337 e. The number of unbranched alkanes of at least 4 members (excludes halogenated alkanes) is 1. The summed E-state index contributed by atoms with van der Waals surface area (Å²) in [5.74, 6) is -0.881. The summed E-state index contributed by atoms with van der Waals surface area (Å²) < 4.78 is 2.06. The number of nitrogens with two attached hydrogens (primary N) is 1. The lowest BCUT2D eigenvalue weighted by Gasteiger charge is -2.08. The number of nitrogens with zero attached hydrogens (tertiary/aromatic N) is 1. The second-order valence-electron chi connectivity index (χ2n) is 5.11. The summed E-state index contributed by atoms with van der Waals surface area (Å²) in [6, 6.07) is 5.51. The number of para-hydroxylation sites is 1. The molecular formula is C16H22N2O2. The van der Waals surface area contributed by atoms with E-state index in [4.69, 9.17) is 5.73 Å². The van der Waals surface area contributed by atoms with Crippen LogP contribution in [0.5, 0.6) is 0 Å². The smallest absolute Gasteiger partial charge is 0.337 e. The molecule has 0 radical (unpaired) electrons. The van der Waals surface area contributed by atoms with E-state index in [-0.39, 0.29) is 0 Å². The number of hydrogen-bond donors (Lipinski definition) is 2. The molecule has 4 nitrogen and oxygen atoms in total. The molecule has 1 aromatic heterocycles. The zero-order valence-corrected chi connectivity index (χ0v) is 12.1. The first-order valence-corrected chi connectivity index (χ1v) is 7.15. The second-order valence-corrected chi connectivity index (χ2v) is 5.11. The largest absolute Gasteiger partial charge is 0.478 e. The average Bonchev–Trinajstić information content (AvgIpc) is 2.70. The maximum absolute atomic E-state index is 11.5. The molecule has 0 atom stereocenters. The molecule has 0 unspecified atom stereocenters. The SMILES string of the molecule is CCCCc1c(C)n(CCN)c2c(C(=O)O)cccc12. The summed E-state index contributed by atoms with van der Waals surface area (Å²) in [5.41, 5.74) is 9.27. The Labute approximate surface area is 119 Å². The number of carbonyl (C=O) groups is 1. The number of hydrogen-bond acceptors (Lipinski definition) is 2. The van der Waals surface area contributed by atoms with Crippen molar-refractivity contribution >= 4 is 16.9 Å². The fourth-order valence-corrected chi connectivity index (χ4v) is 2.85. The highest BCUT2D eigenvalue weighted by Crippen LogP contribution is 2.30. The number of carboxylic acid groups (broad SMARTS) is 1. The van der Waals surface area contributed by atoms with E-state index in [9.17, 15) is 9.90 Å². The molecule has 0 amide bonds. The van der Waals surface area contributed by atoms with Gasteiger partial charge in [-0.05, 0) is 31.4 Å². The van der Waals surface area contributed by atoms with Crippen molar-refractivity contribution in [2.24, 2.45) is 5.73 Å². The number of rotatable bonds is 6. The molecule has 0 fully saturated rings. The Kier molecular flexibility index (Phi) is 4.45. The molecule has 0 aliphatic carbocycles. The van der Waals surface area contributed by atoms with Gasteiger partial charge >= 0.3 is 5.97 Å². The number of aromatic nitrogens is 1. The van der Waals surface area contributed by atoms with Gasteiger partial charge in [-0.25, -0.2) is 4.79 Å². The molecule has 2 aromatic rings. The second kappa shape index (κ2) is 6.09. The van der Waals surface area contributed by atoms with E-state index in [1.165, 1.54) is 5.56 Å². The maximum atomic E-state index is 11.5. The highest BCUT2D eigenvalue weighted by molar-refractivity contribution is 6.03. The first-order valence-electron chi connectivity index (χ1n) is 7.15. The zero-order valence-electron chi connectivity index (χ0n) is 12.1. The molecule has 2 rings (SSSR count). The van der Waals surface area contributed by atoms with Crippen LogP contribution in [0.2, 0.25) is 0 Å². The lowest BCUT2D eigenvalue weighted by atomic mass is 10.0. The van der Waals surface area contributed by atoms with Crippen molar-refractivity contribution in [3.05, 3.63) is 35.0 Å². The Morgan fingerprint density at radius 3 is 2.75 bits per heavy atom. The standard InChI is InChI=1S/C16H22N2O2/c1-3-4-6-12-11(2)18(10-9-17)15-13(12)7-5-8-14(15)16(19)20/h5,7-8H,3-4,6,9-10,17H2,1-2H3,(H,19,20). The molecule has 0 aliphatic heterocycles. The third-order valence-electron chi connectivity index (χ3n) is 3.84. The van der Waals surface area contributed by atoms with Gasteiger partial charge in [0.1, 0.15) is 0 Å². The monoisotopic (exact) mass is 274 g/mol. The Morgan fingerprint density at radius 1 is 1.40 bits per heavy atom. The van der Waals surface area contributed by atoms with Crippen LogP contribution in [0.15, 0.2) is 18.2 Å². The molecule has 3 N–H and O–H groups in total. The van der Waals surface area contributed by atoms with Gasteiger partial charge in [-0.15, -0.1) is 0 Å². The van der Waals surface area contributed by atoms with Gasteiger partial charge in [0, 0.05) is 24.2 Å². The number of aryl methyl sites for hydroxylation is 1. The van der Waals surface area contributed by atoms with E-state index in [0.717, 1.165) is 35.9 Å². The summed E-state index contributed by atoms with van der Waals surface area (Å²) in [6.45, 7) is 5.38. The molecule has 0 bridgehead atoms. The van der Waals surface area contributed by atoms with Crippen LogP contribution >= 0.6 is 0 Å². The minimum atomic E-state index is -0.881. The Hall–Kier alpha value is -1.81. The van der Waals surface area contributed by atoms with Crippen molar-refractivity contribution in [3.8, 4) is 0 Å². The minimum absolute atomic E-state index is 0.363. The lowest BCUT2D eigenvalue weighted by molar-refractivity contribution is 0.0698. The Bertz CT molecular complexity index is 629. The van der Waals surface area contributed by atoms with Gasteiger partial charge in [-0.3, -0.25) is 0 Å². The summed E-state index contributed by atoms with van der Waals surface area (Å²) in [5, 5.41) is 10.5. The molecule has 20 heavy (non-hydrogen) atoms. The van der Waals surface area contributed by atoms with Crippen molar-refractivity contribution in [2.75, 3.05) is 6.54 Å². The van der Waals surface area contributed by atoms with Gasteiger partial charge in [-0.2, -0.15) is 0 Å². The zero-order chi connectivity index (χ0) is 14.7. The number of aromatic carboxylic acids is 1. The first-order chi connectivity index (χ1) is 9.61. The Morgan fingerprint density at radius 2 is 2.15 bits per heavy atom. The van der Waals surface area contributed by atoms with E-state index in [0.29, 0.717) is 18.7 Å². The number of fused-ring (bicyclic) bond motifs is 1. The molecule has 108 valence electrons. The molecule has 0 saturated carbocycles. The molecule has 0 spiro atoms. The summed E-state index contributed by atoms with van der Waals surface area (Å²) in [6.07, 6.45) is 3.22. The normalized spacial score (nSPS) is 11.2. The van der Waals surface area contributed by atoms with Gasteiger partial charge in [0.25, 0.3) is 0 Å². The van der Waals surface area contributed by atoms with Crippen LogP contribution in [-0.4, -0.2) is 22.2 Å². The molecular weight excluding hydrogens is 252 g/mol. The molecule has 0 saturated heterocycles. The average molecular weight is 274 g/mol. The fraction of sp³-hybridized carbons (Fsp3) is 0.438. The van der Waals surface area contributed by atoms with Gasteiger partial charge in [0.05, 0.1) is 11.1 Å². The third-order valence-corrected chi connectivity index (χ3v) is 3.84. The summed E-state index contributed by atoms with van der Waals surface area (Å²) in [7, 11) is 0. The first kappa shape index (κ1) is 14.6. The highest BCUT2D eigenvalue weighted by atomic mass is 16.4. The number of carboxylic acids is 1. The van der Waals surface area contributed by atoms with Crippen LogP contribution in [-0.2, 0) is 13.0 Å². The van der Waals surface area contributed by atoms with Gasteiger partial charge in [-0.1, -0.05) is 25.5 Å². The number of benzene rings is 1. The van der Waals surface area contributed by atoms with E-state index < -0.39 is 5.97 Å². The van der Waals surface area contributed by atoms with Crippen molar-refractivity contribution in [2.45, 2.75) is 39.7 Å². The van der Waals surface area contributed by atoms with Crippen LogP contribution in [0, 0.1) is 6.92 Å². The predicted molar refractivity (Wildman–Crippen MR) is 81.3 cm³/mol. The summed E-state index contributed by atoms with van der Waals surface area (Å²) in [4.78, 5) is 11.5. The molecule has 1 aromatic carbocycles. The minimum Gasteiger partial charge on any atom is -0.478 e. The van der Waals surface area contributed by atoms with Crippen LogP contribution in [0.1, 0.15) is 41.4 Å². The molecule has 4 heteroatoms.